The highest BCUT2D eigenvalue weighted by molar-refractivity contribution is 6.03. The molecule has 5 N–H and O–H groups in total. The lowest BCUT2D eigenvalue weighted by Crippen LogP contribution is -2.29. The number of nitrogens with zero attached hydrogens (tertiary/aromatic N) is 3. The Balaban J connectivity index is 0.00000108. The highest BCUT2D eigenvalue weighted by Gasteiger charge is 2.17. The van der Waals surface area contributed by atoms with E-state index in [4.69, 9.17) is 15.4 Å². The number of rotatable bonds is 7. The molecule has 1 aromatic carbocycles. The Morgan fingerprint density at radius 2 is 1.97 bits per heavy atom. The summed E-state index contributed by atoms with van der Waals surface area (Å²) in [5.74, 6) is -0.0311. The van der Waals surface area contributed by atoms with Crippen molar-refractivity contribution in [3.05, 3.63) is 76.4 Å². The number of carbonyl (C=O) groups is 1. The standard InChI is InChI=1S/C23H26N6O3.C2H3N/c24-21(20-18(10-11-26-23(20)31)28-16-4-2-1-3-5-16)29-17-8-6-15(7-9-17)12-27-22(30)19-13-25-14-32-19;1-2-3/h6-11,13-14,16H,1-5,12H2,(H2,24,29)(H,27,30)(H2,26,28,31);1H3. The van der Waals surface area contributed by atoms with Crippen LogP contribution in [-0.2, 0) is 6.54 Å². The van der Waals surface area contributed by atoms with Gasteiger partial charge in [-0.3, -0.25) is 9.59 Å². The molecule has 182 valence electrons. The van der Waals surface area contributed by atoms with E-state index in [0.717, 1.165) is 18.4 Å². The number of anilines is 1. The molecule has 35 heavy (non-hydrogen) atoms. The molecule has 0 radical (unpaired) electrons. The van der Waals surface area contributed by atoms with Crippen molar-refractivity contribution < 1.29 is 9.21 Å². The minimum atomic E-state index is -0.338. The largest absolute Gasteiger partial charge is 0.438 e. The van der Waals surface area contributed by atoms with Crippen molar-refractivity contribution in [1.29, 1.82) is 5.26 Å². The van der Waals surface area contributed by atoms with Gasteiger partial charge in [0.05, 0.1) is 23.6 Å². The minimum absolute atomic E-state index is 0.150. The van der Waals surface area contributed by atoms with Gasteiger partial charge in [-0.1, -0.05) is 31.4 Å². The lowest BCUT2D eigenvalue weighted by molar-refractivity contribution is 0.0923. The summed E-state index contributed by atoms with van der Waals surface area (Å²) in [6.45, 7) is 1.76. The van der Waals surface area contributed by atoms with Crippen molar-refractivity contribution in [2.75, 3.05) is 5.32 Å². The maximum atomic E-state index is 12.5. The Morgan fingerprint density at radius 1 is 1.26 bits per heavy atom. The van der Waals surface area contributed by atoms with E-state index < -0.39 is 0 Å². The summed E-state index contributed by atoms with van der Waals surface area (Å²) in [5, 5.41) is 13.5. The second kappa shape index (κ2) is 12.7. The molecule has 1 aliphatic carbocycles. The van der Waals surface area contributed by atoms with Gasteiger partial charge in [0.1, 0.15) is 11.4 Å². The molecule has 1 fully saturated rings. The second-order valence-corrected chi connectivity index (χ2v) is 8.01. The first kappa shape index (κ1) is 25.2. The van der Waals surface area contributed by atoms with E-state index in [0.29, 0.717) is 29.5 Å². The Labute approximate surface area is 203 Å². The van der Waals surface area contributed by atoms with E-state index in [2.05, 4.69) is 25.6 Å². The Bertz CT molecular complexity index is 1220. The molecule has 10 nitrogen and oxygen atoms in total. The zero-order chi connectivity index (χ0) is 25.0. The Hall–Kier alpha value is -4.39. The lowest BCUT2D eigenvalue weighted by atomic mass is 9.95. The van der Waals surface area contributed by atoms with Crippen LogP contribution in [0.2, 0.25) is 0 Å². The molecule has 4 rings (SSSR count). The van der Waals surface area contributed by atoms with Gasteiger partial charge in [-0.2, -0.15) is 5.26 Å². The van der Waals surface area contributed by atoms with E-state index in [1.165, 1.54) is 38.8 Å². The van der Waals surface area contributed by atoms with Crippen molar-refractivity contribution in [3.63, 3.8) is 0 Å². The number of benzene rings is 1. The summed E-state index contributed by atoms with van der Waals surface area (Å²) in [5.41, 5.74) is 8.51. The predicted octanol–water partition coefficient (Wildman–Crippen LogP) is 3.60. The molecule has 0 saturated heterocycles. The second-order valence-electron chi connectivity index (χ2n) is 8.01. The topological polar surface area (TPSA) is 162 Å². The van der Waals surface area contributed by atoms with E-state index in [9.17, 15) is 9.59 Å². The van der Waals surface area contributed by atoms with Gasteiger partial charge in [0.2, 0.25) is 5.76 Å². The number of aromatic nitrogens is 2. The molecule has 3 aromatic rings. The van der Waals surface area contributed by atoms with Gasteiger partial charge in [0, 0.05) is 25.7 Å². The summed E-state index contributed by atoms with van der Waals surface area (Å²) in [4.78, 5) is 35.3. The van der Waals surface area contributed by atoms with Crippen LogP contribution >= 0.6 is 0 Å². The van der Waals surface area contributed by atoms with Crippen LogP contribution in [0.25, 0.3) is 0 Å². The summed E-state index contributed by atoms with van der Waals surface area (Å²) in [6, 6.07) is 11.2. The summed E-state index contributed by atoms with van der Waals surface area (Å²) in [7, 11) is 0. The maximum Gasteiger partial charge on any atom is 0.288 e. The van der Waals surface area contributed by atoms with Gasteiger partial charge in [-0.05, 0) is 36.6 Å². The summed E-state index contributed by atoms with van der Waals surface area (Å²) < 4.78 is 4.97. The van der Waals surface area contributed by atoms with E-state index >= 15 is 0 Å². The molecule has 0 aliphatic heterocycles. The van der Waals surface area contributed by atoms with Gasteiger partial charge >= 0.3 is 0 Å². The molecule has 0 unspecified atom stereocenters. The number of pyridine rings is 1. The third-order valence-corrected chi connectivity index (χ3v) is 5.48. The van der Waals surface area contributed by atoms with Gasteiger partial charge in [0.15, 0.2) is 6.39 Å². The predicted molar refractivity (Wildman–Crippen MR) is 133 cm³/mol. The monoisotopic (exact) mass is 475 g/mol. The Morgan fingerprint density at radius 3 is 2.63 bits per heavy atom. The highest BCUT2D eigenvalue weighted by atomic mass is 16.3. The van der Waals surface area contributed by atoms with Crippen molar-refractivity contribution >= 4 is 23.1 Å². The van der Waals surface area contributed by atoms with Crippen LogP contribution in [0.1, 0.15) is 60.7 Å². The van der Waals surface area contributed by atoms with Crippen LogP contribution in [0, 0.1) is 11.3 Å². The molecule has 1 saturated carbocycles. The molecule has 2 heterocycles. The smallest absolute Gasteiger partial charge is 0.288 e. The van der Waals surface area contributed by atoms with Gasteiger partial charge < -0.3 is 25.8 Å². The average molecular weight is 476 g/mol. The highest BCUT2D eigenvalue weighted by Crippen LogP contribution is 2.23. The zero-order valence-electron chi connectivity index (χ0n) is 19.6. The van der Waals surface area contributed by atoms with Gasteiger partial charge in [0.25, 0.3) is 11.5 Å². The van der Waals surface area contributed by atoms with Crippen LogP contribution < -0.4 is 21.9 Å². The molecular weight excluding hydrogens is 446 g/mol. The van der Waals surface area contributed by atoms with Gasteiger partial charge in [-0.25, -0.2) is 9.98 Å². The van der Waals surface area contributed by atoms with E-state index in [1.54, 1.807) is 24.4 Å². The van der Waals surface area contributed by atoms with Crippen molar-refractivity contribution in [2.45, 2.75) is 51.6 Å². The number of nitriles is 1. The minimum Gasteiger partial charge on any atom is -0.438 e. The number of amides is 1. The van der Waals surface area contributed by atoms with Gasteiger partial charge in [-0.15, -0.1) is 0 Å². The SMILES string of the molecule is CC#N.NC(=Nc1ccc(CNC(=O)c2cnco2)cc1)c1c(NC2CCCCC2)cc[nH]c1=O. The summed E-state index contributed by atoms with van der Waals surface area (Å²) in [6.07, 6.45) is 9.97. The normalized spacial score (nSPS) is 13.8. The molecular formula is C25H29N7O3. The number of hydrogen-bond acceptors (Lipinski definition) is 7. The maximum absolute atomic E-state index is 12.5. The number of hydrogen-bond donors (Lipinski definition) is 4. The van der Waals surface area contributed by atoms with E-state index in [1.807, 2.05) is 18.2 Å². The first-order chi connectivity index (χ1) is 17.0. The first-order valence-electron chi connectivity index (χ1n) is 11.4. The molecule has 0 atom stereocenters. The van der Waals surface area contributed by atoms with Crippen LogP contribution in [-0.4, -0.2) is 27.8 Å². The number of amidine groups is 1. The van der Waals surface area contributed by atoms with E-state index in [-0.39, 0.29) is 23.1 Å². The number of aliphatic imine (C=N–C) groups is 1. The molecule has 1 amide bonds. The molecule has 0 bridgehead atoms. The van der Waals surface area contributed by atoms with Crippen LogP contribution in [0.5, 0.6) is 0 Å². The molecule has 10 heteroatoms. The molecule has 0 spiro atoms. The zero-order valence-corrected chi connectivity index (χ0v) is 19.6. The lowest BCUT2D eigenvalue weighted by Gasteiger charge is -2.24. The number of oxazole rings is 1. The number of nitrogens with two attached hydrogens (primary N) is 1. The number of nitrogens with one attached hydrogen (secondary N) is 3. The third-order valence-electron chi connectivity index (χ3n) is 5.48. The number of aromatic amines is 1. The summed E-state index contributed by atoms with van der Waals surface area (Å²) >= 11 is 0. The molecule has 1 aliphatic rings. The number of carbonyl (C=O) groups excluding carboxylic acids is 1. The fourth-order valence-electron chi connectivity index (χ4n) is 3.80. The first-order valence-corrected chi connectivity index (χ1v) is 11.4. The fraction of sp³-hybridized carbons (Fsp3) is 0.320. The number of H-pyrrole nitrogens is 1. The van der Waals surface area contributed by atoms with Crippen LogP contribution in [0.15, 0.2) is 63.3 Å². The third kappa shape index (κ3) is 7.30. The van der Waals surface area contributed by atoms with Crippen molar-refractivity contribution in [2.24, 2.45) is 10.7 Å². The van der Waals surface area contributed by atoms with Crippen molar-refractivity contribution in [1.82, 2.24) is 15.3 Å². The fourth-order valence-corrected chi connectivity index (χ4v) is 3.80. The quantitative estimate of drug-likeness (QED) is 0.300. The van der Waals surface area contributed by atoms with Crippen LogP contribution in [0.4, 0.5) is 11.4 Å². The van der Waals surface area contributed by atoms with Crippen LogP contribution in [0.3, 0.4) is 0 Å². The average Bonchev–Trinajstić information content (AvgIpc) is 3.40. The molecule has 2 aromatic heterocycles. The van der Waals surface area contributed by atoms with Crippen molar-refractivity contribution in [3.8, 4) is 6.07 Å². The Kier molecular flexibility index (Phi) is 9.19.